The van der Waals surface area contributed by atoms with Crippen molar-refractivity contribution in [1.82, 2.24) is 20.4 Å². The van der Waals surface area contributed by atoms with Crippen LogP contribution in [0.3, 0.4) is 0 Å². The summed E-state index contributed by atoms with van der Waals surface area (Å²) in [5.41, 5.74) is 14.4. The highest BCUT2D eigenvalue weighted by molar-refractivity contribution is 5.77. The topological polar surface area (TPSA) is 80.5 Å². The maximum Gasteiger partial charge on any atom is 0.203 e. The van der Waals surface area contributed by atoms with Gasteiger partial charge in [0, 0.05) is 11.8 Å². The molecule has 180 valence electrons. The second kappa shape index (κ2) is 9.94. The molecule has 0 saturated carbocycles. The molecule has 1 unspecified atom stereocenters. The van der Waals surface area contributed by atoms with Crippen molar-refractivity contribution in [2.45, 2.75) is 49.9 Å². The van der Waals surface area contributed by atoms with E-state index in [0.29, 0.717) is 23.3 Å². The molecule has 0 amide bonds. The number of aromatic amines is 1. The lowest BCUT2D eigenvalue weighted by molar-refractivity contribution is 0.466. The van der Waals surface area contributed by atoms with Gasteiger partial charge < -0.3 is 5.73 Å². The van der Waals surface area contributed by atoms with E-state index >= 15 is 0 Å². The molecular weight excluding hydrogens is 442 g/mol. The van der Waals surface area contributed by atoms with Crippen LogP contribution in [0, 0.1) is 0 Å². The molecular formula is C31H31N5. The fourth-order valence-electron chi connectivity index (χ4n) is 6.11. The molecule has 0 bridgehead atoms. The summed E-state index contributed by atoms with van der Waals surface area (Å²) in [6, 6.07) is 32.7. The minimum absolute atomic E-state index is 0.194. The molecule has 1 aliphatic rings. The number of anilines is 1. The second-order valence-electron chi connectivity index (χ2n) is 9.89. The van der Waals surface area contributed by atoms with Crippen LogP contribution < -0.4 is 5.73 Å². The predicted molar refractivity (Wildman–Crippen MR) is 145 cm³/mol. The van der Waals surface area contributed by atoms with Crippen LogP contribution in [0.1, 0.15) is 77.7 Å². The van der Waals surface area contributed by atoms with Crippen LogP contribution in [0.15, 0.2) is 91.0 Å². The van der Waals surface area contributed by atoms with Gasteiger partial charge in [0.15, 0.2) is 0 Å². The first-order valence-corrected chi connectivity index (χ1v) is 12.9. The van der Waals surface area contributed by atoms with Gasteiger partial charge in [0.1, 0.15) is 11.3 Å². The zero-order chi connectivity index (χ0) is 24.3. The molecule has 5 aromatic rings. The summed E-state index contributed by atoms with van der Waals surface area (Å²) in [5, 5.41) is 11.3. The summed E-state index contributed by atoms with van der Waals surface area (Å²) in [5.74, 6) is 1.77. The number of hydrogen-bond donors (Lipinski definition) is 2. The molecule has 1 aliphatic carbocycles. The van der Waals surface area contributed by atoms with E-state index in [-0.39, 0.29) is 5.92 Å². The molecule has 3 atom stereocenters. The first kappa shape index (κ1) is 22.5. The number of aromatic nitrogens is 4. The highest BCUT2D eigenvalue weighted by Gasteiger charge is 2.28. The van der Waals surface area contributed by atoms with Crippen LogP contribution in [-0.2, 0) is 0 Å². The fraction of sp³-hybridized carbons (Fsp3) is 0.258. The van der Waals surface area contributed by atoms with Gasteiger partial charge in [-0.2, -0.15) is 10.3 Å². The second-order valence-corrected chi connectivity index (χ2v) is 9.89. The van der Waals surface area contributed by atoms with Crippen molar-refractivity contribution in [3.8, 4) is 0 Å². The highest BCUT2D eigenvalue weighted by Crippen LogP contribution is 2.44. The number of nitrogen functional groups attached to an aromatic ring is 1. The van der Waals surface area contributed by atoms with Crippen LogP contribution in [0.25, 0.3) is 11.2 Å². The molecule has 2 aromatic heterocycles. The van der Waals surface area contributed by atoms with E-state index in [0.717, 1.165) is 23.9 Å². The Morgan fingerprint density at radius 3 is 2.36 bits per heavy atom. The van der Waals surface area contributed by atoms with Gasteiger partial charge in [-0.25, -0.2) is 4.98 Å². The third kappa shape index (κ3) is 4.37. The quantitative estimate of drug-likeness (QED) is 0.268. The van der Waals surface area contributed by atoms with E-state index < -0.39 is 0 Å². The third-order valence-electron chi connectivity index (χ3n) is 7.78. The van der Waals surface area contributed by atoms with Gasteiger partial charge in [-0.05, 0) is 65.5 Å². The van der Waals surface area contributed by atoms with Crippen molar-refractivity contribution in [2.75, 3.05) is 5.73 Å². The first-order valence-electron chi connectivity index (χ1n) is 12.9. The molecule has 0 spiro atoms. The van der Waals surface area contributed by atoms with E-state index in [4.69, 9.17) is 5.73 Å². The molecule has 0 saturated heterocycles. The molecule has 0 fully saturated rings. The molecule has 5 nitrogen and oxygen atoms in total. The number of benzene rings is 3. The number of pyridine rings is 1. The summed E-state index contributed by atoms with van der Waals surface area (Å²) in [6.45, 7) is 0. The average Bonchev–Trinajstić information content (AvgIpc) is 3.40. The van der Waals surface area contributed by atoms with E-state index in [1.165, 1.54) is 41.5 Å². The van der Waals surface area contributed by atoms with Crippen molar-refractivity contribution in [3.05, 3.63) is 119 Å². The van der Waals surface area contributed by atoms with Crippen molar-refractivity contribution in [2.24, 2.45) is 0 Å². The Labute approximate surface area is 211 Å². The zero-order valence-corrected chi connectivity index (χ0v) is 20.3. The van der Waals surface area contributed by atoms with Crippen LogP contribution in [-0.4, -0.2) is 20.4 Å². The smallest absolute Gasteiger partial charge is 0.203 e. The number of rotatable bonds is 7. The number of nitrogens with zero attached hydrogens (tertiary/aromatic N) is 3. The van der Waals surface area contributed by atoms with Gasteiger partial charge >= 0.3 is 0 Å². The summed E-state index contributed by atoms with van der Waals surface area (Å²) < 4.78 is 0. The zero-order valence-electron chi connectivity index (χ0n) is 20.3. The first-order chi connectivity index (χ1) is 17.8. The van der Waals surface area contributed by atoms with E-state index in [1.54, 1.807) is 0 Å². The minimum Gasteiger partial charge on any atom is -0.384 e. The molecule has 3 N–H and O–H groups in total. The Morgan fingerprint density at radius 1 is 0.833 bits per heavy atom. The average molecular weight is 474 g/mol. The molecule has 2 heterocycles. The largest absolute Gasteiger partial charge is 0.384 e. The predicted octanol–water partition coefficient (Wildman–Crippen LogP) is 6.95. The Hall–Kier alpha value is -3.99. The Kier molecular flexibility index (Phi) is 6.20. The highest BCUT2D eigenvalue weighted by atomic mass is 15.3. The molecule has 6 rings (SSSR count). The van der Waals surface area contributed by atoms with Gasteiger partial charge in [-0.15, -0.1) is 5.10 Å². The fourth-order valence-corrected chi connectivity index (χ4v) is 6.11. The molecule has 0 radical (unpaired) electrons. The summed E-state index contributed by atoms with van der Waals surface area (Å²) in [7, 11) is 0. The summed E-state index contributed by atoms with van der Waals surface area (Å²) >= 11 is 0. The van der Waals surface area contributed by atoms with Crippen LogP contribution in [0.4, 0.5) is 5.82 Å². The normalized spacial score (nSPS) is 18.1. The SMILES string of the molecule is Nc1cc(C(CCC[C@@H]2CC[C@H](c3ccccc3)c3ccccc32)c2ccccc2)c2n[nH]nc2n1. The summed E-state index contributed by atoms with van der Waals surface area (Å²) in [4.78, 5) is 4.36. The lowest BCUT2D eigenvalue weighted by atomic mass is 9.72. The number of hydrogen-bond acceptors (Lipinski definition) is 4. The third-order valence-corrected chi connectivity index (χ3v) is 7.78. The van der Waals surface area contributed by atoms with Crippen molar-refractivity contribution in [1.29, 1.82) is 0 Å². The molecule has 36 heavy (non-hydrogen) atoms. The number of fused-ring (bicyclic) bond motifs is 2. The maximum atomic E-state index is 6.17. The molecule has 5 heteroatoms. The van der Waals surface area contributed by atoms with Crippen molar-refractivity contribution < 1.29 is 0 Å². The Morgan fingerprint density at radius 2 is 1.56 bits per heavy atom. The number of nitrogens with one attached hydrogen (secondary N) is 1. The van der Waals surface area contributed by atoms with Crippen molar-refractivity contribution in [3.63, 3.8) is 0 Å². The van der Waals surface area contributed by atoms with Gasteiger partial charge in [-0.3, -0.25) is 0 Å². The van der Waals surface area contributed by atoms with Gasteiger partial charge in [0.05, 0.1) is 0 Å². The van der Waals surface area contributed by atoms with Crippen LogP contribution in [0.5, 0.6) is 0 Å². The van der Waals surface area contributed by atoms with Crippen LogP contribution in [0.2, 0.25) is 0 Å². The van der Waals surface area contributed by atoms with E-state index in [1.807, 2.05) is 6.07 Å². The van der Waals surface area contributed by atoms with Gasteiger partial charge in [-0.1, -0.05) is 91.3 Å². The Bertz CT molecular complexity index is 1440. The van der Waals surface area contributed by atoms with E-state index in [9.17, 15) is 0 Å². The number of H-pyrrole nitrogens is 1. The monoisotopic (exact) mass is 473 g/mol. The Balaban J connectivity index is 1.25. The summed E-state index contributed by atoms with van der Waals surface area (Å²) in [6.07, 6.45) is 5.74. The lowest BCUT2D eigenvalue weighted by Crippen LogP contribution is -2.16. The van der Waals surface area contributed by atoms with Crippen LogP contribution >= 0.6 is 0 Å². The minimum atomic E-state index is 0.194. The maximum absolute atomic E-state index is 6.17. The molecule has 3 aromatic carbocycles. The van der Waals surface area contributed by atoms with Gasteiger partial charge in [0.2, 0.25) is 5.65 Å². The molecule has 0 aliphatic heterocycles. The van der Waals surface area contributed by atoms with Gasteiger partial charge in [0.25, 0.3) is 0 Å². The van der Waals surface area contributed by atoms with E-state index in [2.05, 4.69) is 105 Å². The lowest BCUT2D eigenvalue weighted by Gasteiger charge is -2.32. The van der Waals surface area contributed by atoms with Crippen molar-refractivity contribution >= 4 is 17.0 Å². The standard InChI is InChI=1S/C31H31N5/c32-29-20-28(30-31(33-29)35-36-34-30)25(21-10-3-1-4-11-21)17-9-14-23-18-19-26(22-12-5-2-6-13-22)27-16-8-7-15-24(23)27/h1-8,10-13,15-16,20,23,25-26H,9,14,17-19H2,(H3,32,33,34,35,36)/t23-,25?,26-/m1/s1. The number of nitrogens with two attached hydrogens (primary N) is 1.